The smallest absolute Gasteiger partial charge is 0.257 e. The molecule has 1 aliphatic rings. The van der Waals surface area contributed by atoms with E-state index in [2.05, 4.69) is 15.1 Å². The third kappa shape index (κ3) is 6.01. The van der Waals surface area contributed by atoms with Gasteiger partial charge in [-0.15, -0.1) is 10.2 Å². The number of carbonyl (C=O) groups is 2. The highest BCUT2D eigenvalue weighted by atomic mass is 19.1. The Hall–Kier alpha value is -4.21. The molecule has 1 aromatic heterocycles. The molecule has 200 valence electrons. The lowest BCUT2D eigenvalue weighted by molar-refractivity contribution is -0.132. The van der Waals surface area contributed by atoms with E-state index in [0.29, 0.717) is 56.3 Å². The van der Waals surface area contributed by atoms with Crippen molar-refractivity contribution in [2.45, 2.75) is 13.3 Å². The molecule has 9 nitrogen and oxygen atoms in total. The maximum atomic E-state index is 14.2. The Morgan fingerprint density at radius 3 is 2.32 bits per heavy atom. The summed E-state index contributed by atoms with van der Waals surface area (Å²) in [5, 5.41) is 8.78. The van der Waals surface area contributed by atoms with Gasteiger partial charge in [0.1, 0.15) is 12.4 Å². The van der Waals surface area contributed by atoms with Crippen LogP contribution < -0.4 is 14.4 Å². The number of rotatable bonds is 9. The molecule has 2 aromatic carbocycles. The van der Waals surface area contributed by atoms with Crippen LogP contribution in [-0.2, 0) is 4.79 Å². The van der Waals surface area contributed by atoms with Gasteiger partial charge < -0.3 is 24.2 Å². The zero-order chi connectivity index (χ0) is 27.1. The van der Waals surface area contributed by atoms with Crippen molar-refractivity contribution in [3.8, 4) is 22.8 Å². The highest BCUT2D eigenvalue weighted by Crippen LogP contribution is 2.31. The van der Waals surface area contributed by atoms with Crippen molar-refractivity contribution in [3.63, 3.8) is 0 Å². The summed E-state index contributed by atoms with van der Waals surface area (Å²) < 4.78 is 24.8. The Balaban J connectivity index is 1.35. The minimum absolute atomic E-state index is 0.0197. The van der Waals surface area contributed by atoms with Gasteiger partial charge in [-0.25, -0.2) is 4.39 Å². The van der Waals surface area contributed by atoms with E-state index < -0.39 is 11.7 Å². The van der Waals surface area contributed by atoms with Gasteiger partial charge in [-0.3, -0.25) is 9.59 Å². The highest BCUT2D eigenvalue weighted by Gasteiger charge is 2.26. The van der Waals surface area contributed by atoms with Crippen LogP contribution in [-0.4, -0.2) is 85.3 Å². The molecule has 0 atom stereocenters. The number of aromatic nitrogens is 2. The predicted molar refractivity (Wildman–Crippen MR) is 142 cm³/mol. The fraction of sp³-hybridized carbons (Fsp3) is 0.357. The van der Waals surface area contributed by atoms with Crippen LogP contribution in [0.15, 0.2) is 54.6 Å². The molecule has 1 aliphatic heterocycles. The quantitative estimate of drug-likeness (QED) is 0.426. The molecule has 2 heterocycles. The molecule has 4 rings (SSSR count). The minimum atomic E-state index is -0.585. The topological polar surface area (TPSA) is 88.1 Å². The Morgan fingerprint density at radius 1 is 0.947 bits per heavy atom. The second-order valence-corrected chi connectivity index (χ2v) is 8.92. The van der Waals surface area contributed by atoms with E-state index in [9.17, 15) is 14.0 Å². The van der Waals surface area contributed by atoms with Crippen molar-refractivity contribution in [2.24, 2.45) is 0 Å². The zero-order valence-electron chi connectivity index (χ0n) is 21.9. The summed E-state index contributed by atoms with van der Waals surface area (Å²) in [5.41, 5.74) is 1.55. The van der Waals surface area contributed by atoms with Crippen LogP contribution in [0.4, 0.5) is 10.2 Å². The molecule has 0 radical (unpaired) electrons. The molecule has 1 saturated heterocycles. The summed E-state index contributed by atoms with van der Waals surface area (Å²) in [7, 11) is 3.18. The van der Waals surface area contributed by atoms with Crippen LogP contribution in [0, 0.1) is 5.82 Å². The van der Waals surface area contributed by atoms with Crippen molar-refractivity contribution in [1.29, 1.82) is 0 Å². The SMILES string of the molecule is CCCN(CC(=O)N1CCN(c2ccc(-c3ccc(OC)c(OC)c3)nn2)CC1)C(=O)c1ccccc1F. The molecule has 0 N–H and O–H groups in total. The maximum absolute atomic E-state index is 14.2. The Morgan fingerprint density at radius 2 is 1.68 bits per heavy atom. The molecule has 0 unspecified atom stereocenters. The monoisotopic (exact) mass is 521 g/mol. The highest BCUT2D eigenvalue weighted by molar-refractivity contribution is 5.96. The lowest BCUT2D eigenvalue weighted by Crippen LogP contribution is -2.52. The third-order valence-corrected chi connectivity index (χ3v) is 6.50. The second-order valence-electron chi connectivity index (χ2n) is 8.92. The average molecular weight is 522 g/mol. The summed E-state index contributed by atoms with van der Waals surface area (Å²) in [4.78, 5) is 31.1. The normalized spacial score (nSPS) is 13.3. The molecule has 10 heteroatoms. The van der Waals surface area contributed by atoms with Gasteiger partial charge in [-0.2, -0.15) is 0 Å². The summed E-state index contributed by atoms with van der Waals surface area (Å²) in [5.74, 6) is 0.772. The number of nitrogens with zero attached hydrogens (tertiary/aromatic N) is 5. The lowest BCUT2D eigenvalue weighted by Gasteiger charge is -2.36. The number of carbonyl (C=O) groups excluding carboxylic acids is 2. The van der Waals surface area contributed by atoms with Gasteiger partial charge >= 0.3 is 0 Å². The molecule has 0 bridgehead atoms. The summed E-state index contributed by atoms with van der Waals surface area (Å²) in [6.45, 7) is 4.37. The van der Waals surface area contributed by atoms with Gasteiger partial charge in [-0.1, -0.05) is 19.1 Å². The van der Waals surface area contributed by atoms with Crippen LogP contribution in [0.5, 0.6) is 11.5 Å². The Kier molecular flexibility index (Phi) is 8.73. The largest absolute Gasteiger partial charge is 0.493 e. The van der Waals surface area contributed by atoms with Crippen LogP contribution in [0.1, 0.15) is 23.7 Å². The summed E-state index contributed by atoms with van der Waals surface area (Å²) in [6.07, 6.45) is 0.666. The van der Waals surface area contributed by atoms with Gasteiger partial charge in [0.2, 0.25) is 5.91 Å². The number of methoxy groups -OCH3 is 2. The van der Waals surface area contributed by atoms with Gasteiger partial charge in [0.25, 0.3) is 5.91 Å². The van der Waals surface area contributed by atoms with Crippen molar-refractivity contribution in [3.05, 3.63) is 66.0 Å². The first-order valence-corrected chi connectivity index (χ1v) is 12.6. The first-order valence-electron chi connectivity index (χ1n) is 12.6. The first-order chi connectivity index (χ1) is 18.4. The third-order valence-electron chi connectivity index (χ3n) is 6.50. The maximum Gasteiger partial charge on any atom is 0.257 e. The molecule has 1 fully saturated rings. The van der Waals surface area contributed by atoms with Crippen LogP contribution >= 0.6 is 0 Å². The molecule has 2 amide bonds. The number of ether oxygens (including phenoxy) is 2. The van der Waals surface area contributed by atoms with Crippen molar-refractivity contribution in [2.75, 3.05) is 58.4 Å². The van der Waals surface area contributed by atoms with Crippen LogP contribution in [0.3, 0.4) is 0 Å². The van der Waals surface area contributed by atoms with Crippen LogP contribution in [0.25, 0.3) is 11.3 Å². The molecule has 38 heavy (non-hydrogen) atoms. The fourth-order valence-corrected chi connectivity index (χ4v) is 4.42. The number of amides is 2. The summed E-state index contributed by atoms with van der Waals surface area (Å²) >= 11 is 0. The van der Waals surface area contributed by atoms with E-state index in [-0.39, 0.29) is 18.0 Å². The number of anilines is 1. The zero-order valence-corrected chi connectivity index (χ0v) is 21.9. The fourth-order valence-electron chi connectivity index (χ4n) is 4.42. The predicted octanol–water partition coefficient (Wildman–Crippen LogP) is 3.50. The number of hydrogen-bond donors (Lipinski definition) is 0. The standard InChI is InChI=1S/C28H32FN5O4/c1-4-13-34(28(36)21-7-5-6-8-22(21)29)19-27(35)33-16-14-32(15-17-33)26-12-10-23(30-31-26)20-9-11-24(37-2)25(18-20)38-3/h5-12,18H,4,13-17,19H2,1-3H3. The molecular weight excluding hydrogens is 489 g/mol. The second kappa shape index (κ2) is 12.4. The van der Waals surface area contributed by atoms with E-state index in [1.54, 1.807) is 25.2 Å². The lowest BCUT2D eigenvalue weighted by atomic mass is 10.1. The van der Waals surface area contributed by atoms with E-state index >= 15 is 0 Å². The van der Waals surface area contributed by atoms with Crippen LogP contribution in [0.2, 0.25) is 0 Å². The van der Waals surface area contributed by atoms with E-state index in [1.165, 1.54) is 23.1 Å². The average Bonchev–Trinajstić information content (AvgIpc) is 2.96. The number of hydrogen-bond acceptors (Lipinski definition) is 7. The van der Waals surface area contributed by atoms with Crippen molar-refractivity contribution in [1.82, 2.24) is 20.0 Å². The van der Waals surface area contributed by atoms with Gasteiger partial charge in [0.15, 0.2) is 17.3 Å². The molecule has 0 saturated carbocycles. The Bertz CT molecular complexity index is 1260. The molecule has 3 aromatic rings. The number of halogens is 1. The van der Waals surface area contributed by atoms with Gasteiger partial charge in [0, 0.05) is 38.3 Å². The van der Waals surface area contributed by atoms with Crippen molar-refractivity contribution < 1.29 is 23.5 Å². The van der Waals surface area contributed by atoms with E-state index in [4.69, 9.17) is 9.47 Å². The number of benzene rings is 2. The molecular formula is C28H32FN5O4. The summed E-state index contributed by atoms with van der Waals surface area (Å²) in [6, 6.07) is 15.2. The molecule has 0 aliphatic carbocycles. The van der Waals surface area contributed by atoms with E-state index in [0.717, 1.165) is 11.4 Å². The first kappa shape index (κ1) is 26.8. The minimum Gasteiger partial charge on any atom is -0.493 e. The molecule has 0 spiro atoms. The Labute approximate surface area is 221 Å². The van der Waals surface area contributed by atoms with Gasteiger partial charge in [0.05, 0.1) is 25.5 Å². The van der Waals surface area contributed by atoms with Crippen molar-refractivity contribution >= 4 is 17.6 Å². The number of piperazine rings is 1. The van der Waals surface area contributed by atoms with E-state index in [1.807, 2.05) is 37.3 Å². The van der Waals surface area contributed by atoms with Gasteiger partial charge in [-0.05, 0) is 48.9 Å².